The molecule has 8 nitrogen and oxygen atoms in total. The van der Waals surface area contributed by atoms with Gasteiger partial charge in [0.2, 0.25) is 5.91 Å². The quantitative estimate of drug-likeness (QED) is 0.318. The summed E-state index contributed by atoms with van der Waals surface area (Å²) >= 11 is 2.80. The van der Waals surface area contributed by atoms with E-state index in [1.165, 1.54) is 28.0 Å². The number of hydrogen-bond acceptors (Lipinski definition) is 8. The Morgan fingerprint density at radius 2 is 1.94 bits per heavy atom. The summed E-state index contributed by atoms with van der Waals surface area (Å²) in [6, 6.07) is 9.54. The summed E-state index contributed by atoms with van der Waals surface area (Å²) < 4.78 is 13.0. The normalized spacial score (nSPS) is 12.8. The summed E-state index contributed by atoms with van der Waals surface area (Å²) in [5.74, 6) is 1.06. The van der Waals surface area contributed by atoms with Gasteiger partial charge in [-0.05, 0) is 57.2 Å². The van der Waals surface area contributed by atoms with Gasteiger partial charge in [-0.2, -0.15) is 0 Å². The third-order valence-corrected chi connectivity index (χ3v) is 7.63. The predicted octanol–water partition coefficient (Wildman–Crippen LogP) is 4.72. The highest BCUT2D eigenvalue weighted by Gasteiger charge is 2.27. The third kappa shape index (κ3) is 5.61. The number of thiophene rings is 1. The van der Waals surface area contributed by atoms with E-state index in [-0.39, 0.29) is 17.6 Å². The van der Waals surface area contributed by atoms with E-state index in [2.05, 4.69) is 15.5 Å². The number of para-hydroxylation sites is 1. The van der Waals surface area contributed by atoms with Crippen LogP contribution in [0.5, 0.6) is 5.75 Å². The molecule has 2 aromatic heterocycles. The molecule has 1 amide bonds. The Bertz CT molecular complexity index is 1140. The average Bonchev–Trinajstić information content (AvgIpc) is 3.42. The van der Waals surface area contributed by atoms with Crippen molar-refractivity contribution in [3.05, 3.63) is 52.2 Å². The average molecular weight is 501 g/mol. The molecule has 0 bridgehead atoms. The number of fused-ring (bicyclic) bond motifs is 1. The molecule has 34 heavy (non-hydrogen) atoms. The van der Waals surface area contributed by atoms with Gasteiger partial charge in [-0.15, -0.1) is 21.5 Å². The minimum atomic E-state index is -0.362. The number of thioether (sulfide) groups is 1. The van der Waals surface area contributed by atoms with Crippen LogP contribution in [0.4, 0.5) is 5.00 Å². The van der Waals surface area contributed by atoms with E-state index in [0.717, 1.165) is 37.0 Å². The van der Waals surface area contributed by atoms with E-state index >= 15 is 0 Å². The number of carbonyl (C=O) groups excluding carboxylic acids is 2. The van der Waals surface area contributed by atoms with Crippen molar-refractivity contribution in [1.29, 1.82) is 0 Å². The van der Waals surface area contributed by atoms with Crippen molar-refractivity contribution in [2.24, 2.45) is 0 Å². The first-order valence-electron chi connectivity index (χ1n) is 11.4. The van der Waals surface area contributed by atoms with Gasteiger partial charge in [0.1, 0.15) is 17.4 Å². The fourth-order valence-electron chi connectivity index (χ4n) is 3.88. The second-order valence-electron chi connectivity index (χ2n) is 7.72. The number of benzene rings is 1. The van der Waals surface area contributed by atoms with Gasteiger partial charge in [-0.25, -0.2) is 4.79 Å². The van der Waals surface area contributed by atoms with Crippen LogP contribution in [0.3, 0.4) is 0 Å². The third-order valence-electron chi connectivity index (χ3n) is 5.46. The topological polar surface area (TPSA) is 95.3 Å². The molecule has 0 spiro atoms. The number of rotatable bonds is 10. The van der Waals surface area contributed by atoms with Crippen LogP contribution >= 0.6 is 23.1 Å². The van der Waals surface area contributed by atoms with Crippen LogP contribution in [0.15, 0.2) is 35.5 Å². The number of amides is 1. The molecule has 1 aliphatic carbocycles. The van der Waals surface area contributed by atoms with Crippen molar-refractivity contribution >= 4 is 40.0 Å². The Balaban J connectivity index is 1.40. The molecule has 2 heterocycles. The molecule has 180 valence electrons. The van der Waals surface area contributed by atoms with E-state index in [0.29, 0.717) is 41.3 Å². The Morgan fingerprint density at radius 1 is 1.15 bits per heavy atom. The summed E-state index contributed by atoms with van der Waals surface area (Å²) in [5.41, 5.74) is 1.56. The summed E-state index contributed by atoms with van der Waals surface area (Å²) in [6.45, 7) is 5.04. The number of anilines is 1. The highest BCUT2D eigenvalue weighted by molar-refractivity contribution is 7.99. The van der Waals surface area contributed by atoms with Gasteiger partial charge in [0, 0.05) is 11.4 Å². The molecule has 1 N–H and O–H groups in total. The first kappa shape index (κ1) is 24.3. The van der Waals surface area contributed by atoms with Gasteiger partial charge in [-0.1, -0.05) is 30.0 Å². The molecule has 0 saturated carbocycles. The second kappa shape index (κ2) is 11.5. The smallest absolute Gasteiger partial charge is 0.341 e. The second-order valence-corrected chi connectivity index (χ2v) is 9.76. The van der Waals surface area contributed by atoms with E-state index in [1.807, 2.05) is 41.8 Å². The zero-order valence-corrected chi connectivity index (χ0v) is 21.0. The predicted molar refractivity (Wildman–Crippen MR) is 133 cm³/mol. The van der Waals surface area contributed by atoms with Crippen LogP contribution < -0.4 is 10.1 Å². The first-order valence-corrected chi connectivity index (χ1v) is 13.2. The number of nitrogens with one attached hydrogen (secondary N) is 1. The highest BCUT2D eigenvalue weighted by Crippen LogP contribution is 2.38. The van der Waals surface area contributed by atoms with E-state index < -0.39 is 0 Å². The minimum absolute atomic E-state index is 0.155. The van der Waals surface area contributed by atoms with Gasteiger partial charge >= 0.3 is 5.97 Å². The van der Waals surface area contributed by atoms with E-state index in [4.69, 9.17) is 9.47 Å². The number of nitrogens with zero attached hydrogens (tertiary/aromatic N) is 3. The largest absolute Gasteiger partial charge is 0.486 e. The zero-order valence-electron chi connectivity index (χ0n) is 19.3. The summed E-state index contributed by atoms with van der Waals surface area (Å²) in [6.07, 6.45) is 3.92. The Hall–Kier alpha value is -2.85. The van der Waals surface area contributed by atoms with Crippen molar-refractivity contribution in [2.45, 2.75) is 57.8 Å². The molecular formula is C24H28N4O4S2. The molecule has 10 heteroatoms. The maximum atomic E-state index is 12.8. The lowest BCUT2D eigenvalue weighted by molar-refractivity contribution is -0.113. The van der Waals surface area contributed by atoms with Crippen molar-refractivity contribution < 1.29 is 19.1 Å². The molecule has 1 aliphatic rings. The summed E-state index contributed by atoms with van der Waals surface area (Å²) in [5, 5.41) is 12.7. The lowest BCUT2D eigenvalue weighted by Gasteiger charge is -2.12. The monoisotopic (exact) mass is 500 g/mol. The van der Waals surface area contributed by atoms with E-state index in [1.54, 1.807) is 6.92 Å². The Kier molecular flexibility index (Phi) is 8.23. The fourth-order valence-corrected chi connectivity index (χ4v) is 6.00. The SMILES string of the molecule is CCOC(=O)c1c(NC(=O)CSc2nnc(COc3ccccc3)n2CC)sc2c1CCCC2. The number of carbonyl (C=O) groups is 2. The number of aryl methyl sites for hydroxylation is 1. The Morgan fingerprint density at radius 3 is 2.71 bits per heavy atom. The maximum Gasteiger partial charge on any atom is 0.341 e. The van der Waals surface area contributed by atoms with Crippen LogP contribution in [-0.4, -0.2) is 39.0 Å². The molecule has 4 rings (SSSR count). The maximum absolute atomic E-state index is 12.8. The summed E-state index contributed by atoms with van der Waals surface area (Å²) in [7, 11) is 0. The Labute approximate surface area is 207 Å². The van der Waals surface area contributed by atoms with Crippen molar-refractivity contribution in [1.82, 2.24) is 14.8 Å². The highest BCUT2D eigenvalue weighted by atomic mass is 32.2. The number of hydrogen-bond donors (Lipinski definition) is 1. The van der Waals surface area contributed by atoms with Crippen LogP contribution in [-0.2, 0) is 35.5 Å². The molecule has 0 aliphatic heterocycles. The molecule has 0 saturated heterocycles. The number of aromatic nitrogens is 3. The van der Waals surface area contributed by atoms with Crippen molar-refractivity contribution in [3.8, 4) is 5.75 Å². The molecule has 0 fully saturated rings. The van der Waals surface area contributed by atoms with Gasteiger partial charge in [0.15, 0.2) is 11.0 Å². The van der Waals surface area contributed by atoms with E-state index in [9.17, 15) is 9.59 Å². The van der Waals surface area contributed by atoms with Gasteiger partial charge < -0.3 is 19.4 Å². The molecule has 1 aromatic carbocycles. The molecule has 0 unspecified atom stereocenters. The zero-order chi connectivity index (χ0) is 23.9. The van der Waals surface area contributed by atoms with Crippen molar-refractivity contribution in [3.63, 3.8) is 0 Å². The molecule has 3 aromatic rings. The summed E-state index contributed by atoms with van der Waals surface area (Å²) in [4.78, 5) is 26.6. The lowest BCUT2D eigenvalue weighted by Crippen LogP contribution is -2.17. The van der Waals surface area contributed by atoms with Gasteiger partial charge in [0.05, 0.1) is 17.9 Å². The standard InChI is InChI=1S/C24H28N4O4S2/c1-3-28-19(14-32-16-10-6-5-7-11-16)26-27-24(28)33-15-20(29)25-22-21(23(30)31-4-2)17-12-8-9-13-18(17)34-22/h5-7,10-11H,3-4,8-9,12-15H2,1-2H3,(H,25,29). The van der Waals surface area contributed by atoms with Crippen LogP contribution in [0.1, 0.15) is 53.3 Å². The first-order chi connectivity index (χ1) is 16.6. The van der Waals surface area contributed by atoms with Gasteiger partial charge in [-0.3, -0.25) is 4.79 Å². The van der Waals surface area contributed by atoms with Crippen LogP contribution in [0, 0.1) is 0 Å². The lowest BCUT2D eigenvalue weighted by atomic mass is 9.95. The number of ether oxygens (including phenoxy) is 2. The van der Waals surface area contributed by atoms with Crippen LogP contribution in [0.2, 0.25) is 0 Å². The van der Waals surface area contributed by atoms with Gasteiger partial charge in [0.25, 0.3) is 0 Å². The molecular weight excluding hydrogens is 472 g/mol. The molecule has 0 radical (unpaired) electrons. The molecule has 0 atom stereocenters. The minimum Gasteiger partial charge on any atom is -0.486 e. The van der Waals surface area contributed by atoms with Crippen LogP contribution in [0.25, 0.3) is 0 Å². The fraction of sp³-hybridized carbons (Fsp3) is 0.417. The number of esters is 1. The van der Waals surface area contributed by atoms with Crippen molar-refractivity contribution in [2.75, 3.05) is 17.7 Å².